The molecule has 19 heavy (non-hydrogen) atoms. The predicted molar refractivity (Wildman–Crippen MR) is 78.1 cm³/mol. The lowest BCUT2D eigenvalue weighted by molar-refractivity contribution is 0.595. The zero-order valence-corrected chi connectivity index (χ0v) is 12.3. The Bertz CT molecular complexity index is 482. The lowest BCUT2D eigenvalue weighted by atomic mass is 10.2. The van der Waals surface area contributed by atoms with Crippen LogP contribution in [-0.4, -0.2) is 35.5 Å². The number of hydrogen-bond donors (Lipinski definition) is 1. The molecule has 106 valence electrons. The van der Waals surface area contributed by atoms with Gasteiger partial charge in [0.05, 0.1) is 11.9 Å². The van der Waals surface area contributed by atoms with Crippen LogP contribution in [0.5, 0.6) is 0 Å². The molecular formula is C13H21ClN4O. The van der Waals surface area contributed by atoms with Crippen molar-refractivity contribution in [3.8, 4) is 0 Å². The van der Waals surface area contributed by atoms with Gasteiger partial charge in [-0.1, -0.05) is 18.5 Å². The van der Waals surface area contributed by atoms with Gasteiger partial charge in [0, 0.05) is 25.7 Å². The Morgan fingerprint density at radius 2 is 2.37 bits per heavy atom. The normalized spacial score (nSPS) is 18.8. The third-order valence-corrected chi connectivity index (χ3v) is 3.87. The van der Waals surface area contributed by atoms with Crippen LogP contribution in [0.3, 0.4) is 0 Å². The average molecular weight is 285 g/mol. The van der Waals surface area contributed by atoms with E-state index in [1.807, 2.05) is 6.92 Å². The maximum Gasteiger partial charge on any atom is 0.287 e. The van der Waals surface area contributed by atoms with Gasteiger partial charge >= 0.3 is 0 Å². The quantitative estimate of drug-likeness (QED) is 0.890. The molecular weight excluding hydrogens is 264 g/mol. The zero-order valence-electron chi connectivity index (χ0n) is 11.5. The third-order valence-electron chi connectivity index (χ3n) is 3.52. The first kappa shape index (κ1) is 14.3. The molecule has 1 N–H and O–H groups in total. The number of halogens is 1. The highest BCUT2D eigenvalue weighted by molar-refractivity contribution is 6.33. The van der Waals surface area contributed by atoms with Crippen LogP contribution in [0.2, 0.25) is 5.02 Å². The van der Waals surface area contributed by atoms with Crippen LogP contribution in [-0.2, 0) is 6.54 Å². The Kier molecular flexibility index (Phi) is 4.82. The van der Waals surface area contributed by atoms with E-state index < -0.39 is 0 Å². The summed E-state index contributed by atoms with van der Waals surface area (Å²) in [6, 6.07) is 0.399. The van der Waals surface area contributed by atoms with Gasteiger partial charge in [0.25, 0.3) is 5.56 Å². The molecule has 1 atom stereocenters. The standard InChI is InChI=1S/C13H21ClN4O/c1-3-7-17(10-5-6-15-8-10)11-9-16-18(4-2)13(19)12(11)14/h9-10,15H,3-8H2,1-2H3. The SMILES string of the molecule is CCCN(c1cnn(CC)c(=O)c1Cl)C1CCNC1. The Hall–Kier alpha value is -1.07. The fraction of sp³-hybridized carbons (Fsp3) is 0.692. The molecule has 1 unspecified atom stereocenters. The first-order valence-corrected chi connectivity index (χ1v) is 7.29. The molecule has 1 aliphatic heterocycles. The van der Waals surface area contributed by atoms with E-state index in [9.17, 15) is 4.79 Å². The molecule has 0 bridgehead atoms. The van der Waals surface area contributed by atoms with Crippen molar-refractivity contribution in [2.75, 3.05) is 24.5 Å². The van der Waals surface area contributed by atoms with Crippen LogP contribution in [0.1, 0.15) is 26.7 Å². The molecule has 0 aliphatic carbocycles. The van der Waals surface area contributed by atoms with E-state index in [0.717, 1.165) is 38.2 Å². The number of nitrogens with one attached hydrogen (secondary N) is 1. The van der Waals surface area contributed by atoms with E-state index in [2.05, 4.69) is 22.2 Å². The van der Waals surface area contributed by atoms with Crippen molar-refractivity contribution in [3.05, 3.63) is 21.6 Å². The average Bonchev–Trinajstić information content (AvgIpc) is 2.93. The van der Waals surface area contributed by atoms with Gasteiger partial charge in [0.2, 0.25) is 0 Å². The second-order valence-corrected chi connectivity index (χ2v) is 5.18. The van der Waals surface area contributed by atoms with Crippen molar-refractivity contribution in [3.63, 3.8) is 0 Å². The van der Waals surface area contributed by atoms with Gasteiger partial charge in [-0.15, -0.1) is 0 Å². The summed E-state index contributed by atoms with van der Waals surface area (Å²) in [5.41, 5.74) is 0.570. The fourth-order valence-corrected chi connectivity index (χ4v) is 2.78. The summed E-state index contributed by atoms with van der Waals surface area (Å²) in [6.45, 7) is 7.40. The smallest absolute Gasteiger partial charge is 0.287 e. The maximum absolute atomic E-state index is 12.1. The fourth-order valence-electron chi connectivity index (χ4n) is 2.53. The molecule has 0 aromatic carbocycles. The van der Waals surface area contributed by atoms with Crippen molar-refractivity contribution in [2.45, 2.75) is 39.3 Å². The molecule has 6 heteroatoms. The molecule has 1 aliphatic rings. The second-order valence-electron chi connectivity index (χ2n) is 4.80. The topological polar surface area (TPSA) is 50.2 Å². The van der Waals surface area contributed by atoms with Crippen molar-refractivity contribution < 1.29 is 0 Å². The third kappa shape index (κ3) is 2.92. The molecule has 2 rings (SSSR count). The Morgan fingerprint density at radius 1 is 1.58 bits per heavy atom. The van der Waals surface area contributed by atoms with E-state index in [0.29, 0.717) is 12.6 Å². The largest absolute Gasteiger partial charge is 0.365 e. The number of rotatable bonds is 5. The van der Waals surface area contributed by atoms with Gasteiger partial charge in [0.15, 0.2) is 0 Å². The molecule has 1 fully saturated rings. The molecule has 1 aromatic heterocycles. The van der Waals surface area contributed by atoms with Crippen LogP contribution in [0.4, 0.5) is 5.69 Å². The van der Waals surface area contributed by atoms with E-state index in [1.165, 1.54) is 4.68 Å². The van der Waals surface area contributed by atoms with Gasteiger partial charge in [-0.05, 0) is 26.3 Å². The van der Waals surface area contributed by atoms with Crippen LogP contribution in [0, 0.1) is 0 Å². The monoisotopic (exact) mass is 284 g/mol. The molecule has 0 amide bonds. The minimum absolute atomic E-state index is 0.200. The summed E-state index contributed by atoms with van der Waals surface area (Å²) in [5.74, 6) is 0. The molecule has 2 heterocycles. The molecule has 1 saturated heterocycles. The number of nitrogens with zero attached hydrogens (tertiary/aromatic N) is 3. The van der Waals surface area contributed by atoms with Crippen LogP contribution in [0.15, 0.2) is 11.0 Å². The van der Waals surface area contributed by atoms with Crippen molar-refractivity contribution in [1.82, 2.24) is 15.1 Å². The Balaban J connectivity index is 2.36. The number of aryl methyl sites for hydroxylation is 1. The molecule has 0 radical (unpaired) electrons. The van der Waals surface area contributed by atoms with Crippen LogP contribution in [0.25, 0.3) is 0 Å². The number of aromatic nitrogens is 2. The van der Waals surface area contributed by atoms with Gasteiger partial charge in [-0.2, -0.15) is 5.10 Å². The first-order valence-electron chi connectivity index (χ1n) is 6.92. The zero-order chi connectivity index (χ0) is 13.8. The molecule has 1 aromatic rings. The molecule has 5 nitrogen and oxygen atoms in total. The highest BCUT2D eigenvalue weighted by Crippen LogP contribution is 2.25. The lowest BCUT2D eigenvalue weighted by Crippen LogP contribution is -2.39. The van der Waals surface area contributed by atoms with E-state index in [-0.39, 0.29) is 10.6 Å². The summed E-state index contributed by atoms with van der Waals surface area (Å²) in [4.78, 5) is 14.3. The maximum atomic E-state index is 12.1. The summed E-state index contributed by atoms with van der Waals surface area (Å²) in [6.07, 6.45) is 3.82. The van der Waals surface area contributed by atoms with Crippen LogP contribution >= 0.6 is 11.6 Å². The van der Waals surface area contributed by atoms with Gasteiger partial charge in [-0.25, -0.2) is 4.68 Å². The minimum Gasteiger partial charge on any atom is -0.365 e. The van der Waals surface area contributed by atoms with Crippen molar-refractivity contribution in [2.24, 2.45) is 0 Å². The number of hydrogen-bond acceptors (Lipinski definition) is 4. The van der Waals surface area contributed by atoms with E-state index >= 15 is 0 Å². The summed E-state index contributed by atoms with van der Waals surface area (Å²) < 4.78 is 1.39. The highest BCUT2D eigenvalue weighted by Gasteiger charge is 2.25. The number of anilines is 1. The molecule has 0 saturated carbocycles. The van der Waals surface area contributed by atoms with Gasteiger partial charge < -0.3 is 10.2 Å². The van der Waals surface area contributed by atoms with E-state index in [1.54, 1.807) is 6.20 Å². The first-order chi connectivity index (χ1) is 9.19. The summed E-state index contributed by atoms with van der Waals surface area (Å²) in [5, 5.41) is 7.83. The van der Waals surface area contributed by atoms with E-state index in [4.69, 9.17) is 11.6 Å². The summed E-state index contributed by atoms with van der Waals surface area (Å²) in [7, 11) is 0. The van der Waals surface area contributed by atoms with Crippen molar-refractivity contribution in [1.29, 1.82) is 0 Å². The lowest BCUT2D eigenvalue weighted by Gasteiger charge is -2.30. The minimum atomic E-state index is -0.200. The molecule has 0 spiro atoms. The van der Waals surface area contributed by atoms with Gasteiger partial charge in [0.1, 0.15) is 5.02 Å². The van der Waals surface area contributed by atoms with Crippen LogP contribution < -0.4 is 15.8 Å². The highest BCUT2D eigenvalue weighted by atomic mass is 35.5. The predicted octanol–water partition coefficient (Wildman–Crippen LogP) is 1.49. The Morgan fingerprint density at radius 3 is 2.95 bits per heavy atom. The van der Waals surface area contributed by atoms with Crippen molar-refractivity contribution >= 4 is 17.3 Å². The van der Waals surface area contributed by atoms with Gasteiger partial charge in [-0.3, -0.25) is 4.79 Å². The summed E-state index contributed by atoms with van der Waals surface area (Å²) >= 11 is 6.25. The Labute approximate surface area is 118 Å². The second kappa shape index (κ2) is 6.39.